The first-order valence-electron chi connectivity index (χ1n) is 10.7. The first-order valence-corrected chi connectivity index (χ1v) is 10.7. The molecule has 0 spiro atoms. The molecule has 0 bridgehead atoms. The third-order valence-corrected chi connectivity index (χ3v) is 5.69. The van der Waals surface area contributed by atoms with Crippen LogP contribution < -0.4 is 19.7 Å². The number of hydrogen-bond acceptors (Lipinski definition) is 6. The molecular formula is C24H34N4O3. The minimum absolute atomic E-state index is 0.0462. The third kappa shape index (κ3) is 6.35. The zero-order chi connectivity index (χ0) is 22.2. The molecule has 1 aliphatic rings. The summed E-state index contributed by atoms with van der Waals surface area (Å²) in [4.78, 5) is 19.4. The number of likely N-dealkylation sites (N-methyl/N-ethyl adjacent to an activating group) is 1. The Hall–Kier alpha value is -2.77. The molecule has 31 heavy (non-hydrogen) atoms. The van der Waals surface area contributed by atoms with Crippen molar-refractivity contribution in [2.45, 2.75) is 6.04 Å². The molecule has 1 fully saturated rings. The monoisotopic (exact) mass is 426 g/mol. The molecule has 0 saturated carbocycles. The number of hydrogen-bond donors (Lipinski definition) is 1. The van der Waals surface area contributed by atoms with Crippen molar-refractivity contribution in [3.63, 3.8) is 0 Å². The Morgan fingerprint density at radius 1 is 1.03 bits per heavy atom. The lowest BCUT2D eigenvalue weighted by Crippen LogP contribution is -2.48. The number of nitrogens with zero attached hydrogens (tertiary/aromatic N) is 3. The van der Waals surface area contributed by atoms with E-state index in [1.807, 2.05) is 32.3 Å². The summed E-state index contributed by atoms with van der Waals surface area (Å²) in [5.41, 5.74) is 2.37. The van der Waals surface area contributed by atoms with Crippen molar-refractivity contribution in [3.8, 4) is 11.5 Å². The molecule has 1 atom stereocenters. The second-order valence-electron chi connectivity index (χ2n) is 8.08. The summed E-state index contributed by atoms with van der Waals surface area (Å²) >= 11 is 0. The fourth-order valence-corrected chi connectivity index (χ4v) is 3.73. The molecule has 1 amide bonds. The van der Waals surface area contributed by atoms with Gasteiger partial charge in [-0.05, 0) is 36.9 Å². The summed E-state index contributed by atoms with van der Waals surface area (Å²) in [6.45, 7) is 4.50. The highest BCUT2D eigenvalue weighted by Gasteiger charge is 2.24. The second kappa shape index (κ2) is 11.0. The number of piperazine rings is 1. The van der Waals surface area contributed by atoms with E-state index in [-0.39, 0.29) is 18.6 Å². The van der Waals surface area contributed by atoms with Crippen molar-refractivity contribution in [2.24, 2.45) is 0 Å². The van der Waals surface area contributed by atoms with Crippen molar-refractivity contribution in [1.82, 2.24) is 15.1 Å². The van der Waals surface area contributed by atoms with Crippen LogP contribution in [0.2, 0.25) is 0 Å². The minimum Gasteiger partial charge on any atom is -0.493 e. The smallest absolute Gasteiger partial charge is 0.258 e. The van der Waals surface area contributed by atoms with Crippen LogP contribution in [0.4, 0.5) is 5.69 Å². The topological polar surface area (TPSA) is 57.3 Å². The van der Waals surface area contributed by atoms with Gasteiger partial charge in [-0.3, -0.25) is 9.69 Å². The van der Waals surface area contributed by atoms with Gasteiger partial charge in [0.1, 0.15) is 0 Å². The van der Waals surface area contributed by atoms with Crippen LogP contribution in [0.1, 0.15) is 11.6 Å². The maximum atomic E-state index is 12.5. The Kier molecular flexibility index (Phi) is 8.14. The first kappa shape index (κ1) is 22.9. The van der Waals surface area contributed by atoms with Crippen LogP contribution >= 0.6 is 0 Å². The molecule has 2 aromatic rings. The maximum absolute atomic E-state index is 12.5. The Morgan fingerprint density at radius 2 is 1.68 bits per heavy atom. The van der Waals surface area contributed by atoms with Crippen molar-refractivity contribution in [3.05, 3.63) is 54.1 Å². The normalized spacial score (nSPS) is 15.9. The number of amides is 1. The molecule has 168 valence electrons. The number of rotatable bonds is 9. The molecule has 2 aromatic carbocycles. The van der Waals surface area contributed by atoms with Crippen molar-refractivity contribution < 1.29 is 14.3 Å². The minimum atomic E-state index is -0.144. The standard InChI is InChI=1S/C24H34N4O3/c1-26(2)20-11-9-19(10-12-20)21(28-15-13-27(3)14-16-28)17-25-24(29)18-31-23-8-6-5-7-22(23)30-4/h5-12,21H,13-18H2,1-4H3,(H,25,29). The zero-order valence-corrected chi connectivity index (χ0v) is 19.0. The van der Waals surface area contributed by atoms with Gasteiger partial charge in [0.05, 0.1) is 13.2 Å². The van der Waals surface area contributed by atoms with E-state index >= 15 is 0 Å². The predicted octanol–water partition coefficient (Wildman–Crippen LogP) is 2.24. The van der Waals surface area contributed by atoms with Gasteiger partial charge in [0.25, 0.3) is 5.91 Å². The van der Waals surface area contributed by atoms with E-state index in [2.05, 4.69) is 51.3 Å². The van der Waals surface area contributed by atoms with Gasteiger partial charge < -0.3 is 24.6 Å². The largest absolute Gasteiger partial charge is 0.493 e. The fourth-order valence-electron chi connectivity index (χ4n) is 3.73. The average Bonchev–Trinajstić information content (AvgIpc) is 2.79. The number of methoxy groups -OCH3 is 1. The van der Waals surface area contributed by atoms with Gasteiger partial charge in [0.2, 0.25) is 0 Å². The van der Waals surface area contributed by atoms with Gasteiger partial charge in [0, 0.05) is 52.5 Å². The molecule has 0 aliphatic carbocycles. The Morgan fingerprint density at radius 3 is 2.29 bits per heavy atom. The summed E-state index contributed by atoms with van der Waals surface area (Å²) in [6, 6.07) is 16.0. The van der Waals surface area contributed by atoms with Crippen LogP contribution in [0, 0.1) is 0 Å². The van der Waals surface area contributed by atoms with Gasteiger partial charge in [-0.1, -0.05) is 24.3 Å². The molecule has 3 rings (SSSR count). The van der Waals surface area contributed by atoms with Gasteiger partial charge >= 0.3 is 0 Å². The number of carbonyl (C=O) groups is 1. The summed E-state index contributed by atoms with van der Waals surface area (Å²) in [6.07, 6.45) is 0. The van der Waals surface area contributed by atoms with Gasteiger partial charge in [-0.15, -0.1) is 0 Å². The Bertz CT molecular complexity index is 833. The maximum Gasteiger partial charge on any atom is 0.258 e. The van der Waals surface area contributed by atoms with Crippen LogP contribution in [0.15, 0.2) is 48.5 Å². The lowest BCUT2D eigenvalue weighted by molar-refractivity contribution is -0.123. The molecule has 0 aromatic heterocycles. The third-order valence-electron chi connectivity index (χ3n) is 5.69. The van der Waals surface area contributed by atoms with Crippen LogP contribution in [0.5, 0.6) is 11.5 Å². The zero-order valence-electron chi connectivity index (χ0n) is 19.0. The number of anilines is 1. The van der Waals surface area contributed by atoms with Crippen LogP contribution in [-0.4, -0.2) is 83.3 Å². The molecule has 7 heteroatoms. The van der Waals surface area contributed by atoms with Crippen molar-refractivity contribution >= 4 is 11.6 Å². The molecule has 1 aliphatic heterocycles. The Balaban J connectivity index is 1.63. The first-order chi connectivity index (χ1) is 15.0. The lowest BCUT2D eigenvalue weighted by atomic mass is 10.0. The number of nitrogens with one attached hydrogen (secondary N) is 1. The van der Waals surface area contributed by atoms with E-state index in [9.17, 15) is 4.79 Å². The predicted molar refractivity (Wildman–Crippen MR) is 124 cm³/mol. The second-order valence-corrected chi connectivity index (χ2v) is 8.08. The molecular weight excluding hydrogens is 392 g/mol. The molecule has 7 nitrogen and oxygen atoms in total. The van der Waals surface area contributed by atoms with Crippen molar-refractivity contribution in [2.75, 3.05) is 72.5 Å². The summed E-state index contributed by atoms with van der Waals surface area (Å²) < 4.78 is 10.9. The van der Waals surface area contributed by atoms with E-state index in [0.29, 0.717) is 18.0 Å². The molecule has 1 saturated heterocycles. The molecule has 0 radical (unpaired) electrons. The van der Waals surface area contributed by atoms with E-state index in [1.165, 1.54) is 5.56 Å². The highest BCUT2D eigenvalue weighted by Crippen LogP contribution is 2.26. The van der Waals surface area contributed by atoms with Gasteiger partial charge in [0.15, 0.2) is 18.1 Å². The summed E-state index contributed by atoms with van der Waals surface area (Å²) in [5.74, 6) is 1.04. The lowest BCUT2D eigenvalue weighted by Gasteiger charge is -2.38. The fraction of sp³-hybridized carbons (Fsp3) is 0.458. The summed E-state index contributed by atoms with van der Waals surface area (Å²) in [5, 5.41) is 3.06. The van der Waals surface area contributed by atoms with Crippen LogP contribution in [-0.2, 0) is 4.79 Å². The van der Waals surface area contributed by atoms with Gasteiger partial charge in [-0.25, -0.2) is 0 Å². The van der Waals surface area contributed by atoms with Crippen LogP contribution in [0.3, 0.4) is 0 Å². The molecule has 1 unspecified atom stereocenters. The average molecular weight is 427 g/mol. The number of para-hydroxylation sites is 2. The van der Waals surface area contributed by atoms with E-state index in [0.717, 1.165) is 31.9 Å². The molecule has 1 heterocycles. The highest BCUT2D eigenvalue weighted by atomic mass is 16.5. The quantitative estimate of drug-likeness (QED) is 0.664. The number of ether oxygens (including phenoxy) is 2. The van der Waals surface area contributed by atoms with Gasteiger partial charge in [-0.2, -0.15) is 0 Å². The summed E-state index contributed by atoms with van der Waals surface area (Å²) in [7, 11) is 7.81. The van der Waals surface area contributed by atoms with Crippen molar-refractivity contribution in [1.29, 1.82) is 0 Å². The highest BCUT2D eigenvalue weighted by molar-refractivity contribution is 5.77. The number of benzene rings is 2. The van der Waals surface area contributed by atoms with Crippen LogP contribution in [0.25, 0.3) is 0 Å². The van der Waals surface area contributed by atoms with E-state index in [1.54, 1.807) is 13.2 Å². The number of carbonyl (C=O) groups excluding carboxylic acids is 1. The molecule has 1 N–H and O–H groups in total. The van der Waals surface area contributed by atoms with E-state index < -0.39 is 0 Å². The SMILES string of the molecule is COc1ccccc1OCC(=O)NCC(c1ccc(N(C)C)cc1)N1CCN(C)CC1. The Labute approximate surface area is 185 Å². The van der Waals surface area contributed by atoms with E-state index in [4.69, 9.17) is 9.47 Å².